The van der Waals surface area contributed by atoms with Crippen molar-refractivity contribution >= 4 is 62.5 Å². The second kappa shape index (κ2) is 16.0. The van der Waals surface area contributed by atoms with E-state index in [4.69, 9.17) is 4.74 Å². The lowest BCUT2D eigenvalue weighted by Gasteiger charge is -2.09. The van der Waals surface area contributed by atoms with Crippen LogP contribution in [-0.4, -0.2) is 33.9 Å². The fraction of sp³-hybridized carbons (Fsp3) is 0.875. The molecule has 0 unspecified atom stereocenters. The predicted octanol–water partition coefficient (Wildman–Crippen LogP) is 4.41. The first-order valence-electron chi connectivity index (χ1n) is 8.31. The molecule has 0 rings (SSSR count). The molecule has 0 aliphatic heterocycles. The lowest BCUT2D eigenvalue weighted by Crippen LogP contribution is -2.12. The molecule has 0 fully saturated rings. The largest absolute Gasteiger partial charge is 0.393 e. The summed E-state index contributed by atoms with van der Waals surface area (Å²) in [6, 6.07) is 0. The van der Waals surface area contributed by atoms with Gasteiger partial charge in [-0.1, -0.05) is 12.8 Å². The maximum absolute atomic E-state index is 11.6. The number of carbonyl (C=O) groups excluding carboxylic acids is 2. The van der Waals surface area contributed by atoms with Gasteiger partial charge in [0.25, 0.3) is 0 Å². The molecule has 0 aromatic rings. The Labute approximate surface area is 162 Å². The standard InChI is InChI=1S/C16H30O3S4/c17-15(7-3-1-5-13(22)9-11-20)19-16(18)8-4-2-6-14(23)10-12-21/h13-14,20-23H,1-12H2/t13-,14-/m1/s1. The van der Waals surface area contributed by atoms with E-state index in [-0.39, 0.29) is 0 Å². The molecule has 7 heteroatoms. The molecule has 0 aromatic carbocycles. The first-order chi connectivity index (χ1) is 11.0. The van der Waals surface area contributed by atoms with Crippen LogP contribution in [0.4, 0.5) is 0 Å². The lowest BCUT2D eigenvalue weighted by molar-refractivity contribution is -0.159. The molecule has 0 aliphatic carbocycles. The molecule has 0 amide bonds. The zero-order valence-electron chi connectivity index (χ0n) is 13.7. The van der Waals surface area contributed by atoms with Gasteiger partial charge in [0.05, 0.1) is 0 Å². The van der Waals surface area contributed by atoms with Crippen LogP contribution in [0.3, 0.4) is 0 Å². The van der Waals surface area contributed by atoms with Crippen LogP contribution in [0.1, 0.15) is 64.2 Å². The molecule has 0 aromatic heterocycles. The molecule has 136 valence electrons. The Morgan fingerprint density at radius 2 is 1.09 bits per heavy atom. The molecule has 0 spiro atoms. The maximum Gasteiger partial charge on any atom is 0.313 e. The Kier molecular flexibility index (Phi) is 16.4. The van der Waals surface area contributed by atoms with Crippen LogP contribution in [0.25, 0.3) is 0 Å². The predicted molar refractivity (Wildman–Crippen MR) is 111 cm³/mol. The third-order valence-electron chi connectivity index (χ3n) is 3.49. The van der Waals surface area contributed by atoms with Crippen molar-refractivity contribution in [3.8, 4) is 0 Å². The van der Waals surface area contributed by atoms with Gasteiger partial charge in [-0.25, -0.2) is 0 Å². The van der Waals surface area contributed by atoms with Crippen molar-refractivity contribution in [1.29, 1.82) is 0 Å². The summed E-state index contributed by atoms with van der Waals surface area (Å²) >= 11 is 17.2. The third-order valence-corrected chi connectivity index (χ3v) is 5.04. The van der Waals surface area contributed by atoms with Crippen molar-refractivity contribution in [3.05, 3.63) is 0 Å². The van der Waals surface area contributed by atoms with E-state index in [2.05, 4.69) is 50.5 Å². The highest BCUT2D eigenvalue weighted by molar-refractivity contribution is 7.81. The summed E-state index contributed by atoms with van der Waals surface area (Å²) in [5, 5.41) is 0.673. The van der Waals surface area contributed by atoms with Crippen molar-refractivity contribution < 1.29 is 14.3 Å². The number of hydrogen-bond donors (Lipinski definition) is 4. The van der Waals surface area contributed by atoms with E-state index in [1.54, 1.807) is 0 Å². The van der Waals surface area contributed by atoms with E-state index in [0.29, 0.717) is 23.3 Å². The van der Waals surface area contributed by atoms with Gasteiger partial charge >= 0.3 is 11.9 Å². The zero-order chi connectivity index (χ0) is 17.5. The number of carbonyl (C=O) groups is 2. The molecular formula is C16H30O3S4. The highest BCUT2D eigenvalue weighted by atomic mass is 32.1. The number of rotatable bonds is 14. The minimum Gasteiger partial charge on any atom is -0.393 e. The monoisotopic (exact) mass is 398 g/mol. The number of unbranched alkanes of at least 4 members (excludes halogenated alkanes) is 2. The summed E-state index contributed by atoms with van der Waals surface area (Å²) in [6.45, 7) is 0. The van der Waals surface area contributed by atoms with Gasteiger partial charge in [0.1, 0.15) is 0 Å². The molecule has 0 heterocycles. The van der Waals surface area contributed by atoms with Crippen LogP contribution in [0.15, 0.2) is 0 Å². The molecule has 0 saturated carbocycles. The van der Waals surface area contributed by atoms with Crippen LogP contribution >= 0.6 is 50.5 Å². The van der Waals surface area contributed by atoms with Crippen LogP contribution in [0, 0.1) is 0 Å². The number of thiol groups is 4. The summed E-state index contributed by atoms with van der Waals surface area (Å²) in [5.74, 6) is 0.824. The van der Waals surface area contributed by atoms with E-state index in [1.807, 2.05) is 0 Å². The Morgan fingerprint density at radius 1 is 0.696 bits per heavy atom. The summed E-state index contributed by atoms with van der Waals surface area (Å²) < 4.78 is 4.82. The molecule has 3 nitrogen and oxygen atoms in total. The Morgan fingerprint density at radius 3 is 1.43 bits per heavy atom. The van der Waals surface area contributed by atoms with Gasteiger partial charge in [0, 0.05) is 23.3 Å². The zero-order valence-corrected chi connectivity index (χ0v) is 17.2. The molecule has 0 N–H and O–H groups in total. The Bertz CT molecular complexity index is 296. The molecule has 0 radical (unpaired) electrons. The summed E-state index contributed by atoms with van der Waals surface area (Å²) in [7, 11) is 0. The van der Waals surface area contributed by atoms with Crippen LogP contribution in [0.2, 0.25) is 0 Å². The van der Waals surface area contributed by atoms with Crippen molar-refractivity contribution in [2.24, 2.45) is 0 Å². The Hall–Kier alpha value is 0.540. The van der Waals surface area contributed by atoms with Gasteiger partial charge in [0.2, 0.25) is 0 Å². The van der Waals surface area contributed by atoms with Gasteiger partial charge in [-0.15, -0.1) is 0 Å². The first-order valence-corrected chi connectivity index (χ1v) is 10.6. The number of esters is 2. The third kappa shape index (κ3) is 15.8. The molecule has 0 saturated heterocycles. The topological polar surface area (TPSA) is 43.4 Å². The van der Waals surface area contributed by atoms with Gasteiger partial charge in [-0.2, -0.15) is 50.5 Å². The number of hydrogen-bond acceptors (Lipinski definition) is 7. The maximum atomic E-state index is 11.6. The van der Waals surface area contributed by atoms with Gasteiger partial charge < -0.3 is 4.74 Å². The summed E-state index contributed by atoms with van der Waals surface area (Å²) in [6.07, 6.45) is 7.76. The second-order valence-corrected chi connectivity index (χ2v) is 8.02. The van der Waals surface area contributed by atoms with Crippen molar-refractivity contribution in [2.75, 3.05) is 11.5 Å². The smallest absolute Gasteiger partial charge is 0.313 e. The summed E-state index contributed by atoms with van der Waals surface area (Å²) in [4.78, 5) is 23.1. The quantitative estimate of drug-likeness (QED) is 0.152. The Balaban J connectivity index is 3.56. The summed E-state index contributed by atoms with van der Waals surface area (Å²) in [5.41, 5.74) is 0. The van der Waals surface area contributed by atoms with E-state index < -0.39 is 11.9 Å². The van der Waals surface area contributed by atoms with E-state index in [0.717, 1.165) is 62.9 Å². The highest BCUT2D eigenvalue weighted by Crippen LogP contribution is 2.14. The molecule has 2 atom stereocenters. The minimum absolute atomic E-state index is 0.299. The van der Waals surface area contributed by atoms with Gasteiger partial charge in [-0.05, 0) is 50.0 Å². The lowest BCUT2D eigenvalue weighted by atomic mass is 10.1. The number of ether oxygens (including phenoxy) is 1. The normalized spacial score (nSPS) is 13.6. The molecule has 0 bridgehead atoms. The van der Waals surface area contributed by atoms with Gasteiger partial charge in [-0.3, -0.25) is 9.59 Å². The van der Waals surface area contributed by atoms with E-state index in [1.165, 1.54) is 0 Å². The van der Waals surface area contributed by atoms with Crippen molar-refractivity contribution in [2.45, 2.75) is 74.7 Å². The van der Waals surface area contributed by atoms with E-state index >= 15 is 0 Å². The van der Waals surface area contributed by atoms with Crippen LogP contribution < -0.4 is 0 Å². The van der Waals surface area contributed by atoms with E-state index in [9.17, 15) is 9.59 Å². The van der Waals surface area contributed by atoms with Crippen molar-refractivity contribution in [1.82, 2.24) is 0 Å². The molecule has 23 heavy (non-hydrogen) atoms. The second-order valence-electron chi connectivity index (χ2n) is 5.67. The van der Waals surface area contributed by atoms with Crippen molar-refractivity contribution in [3.63, 3.8) is 0 Å². The minimum atomic E-state index is -0.415. The first kappa shape index (κ1) is 23.5. The average Bonchev–Trinajstić information content (AvgIpc) is 2.49. The molecule has 0 aliphatic rings. The SMILES string of the molecule is O=C(CCCC[C@@H](S)CCS)OC(=O)CCCC[C@@H](S)CCS. The average molecular weight is 399 g/mol. The fourth-order valence-corrected chi connectivity index (χ4v) is 3.77. The van der Waals surface area contributed by atoms with Gasteiger partial charge in [0.15, 0.2) is 0 Å². The van der Waals surface area contributed by atoms with Crippen LogP contribution in [-0.2, 0) is 14.3 Å². The van der Waals surface area contributed by atoms with Crippen LogP contribution in [0.5, 0.6) is 0 Å². The fourth-order valence-electron chi connectivity index (χ4n) is 2.11. The highest BCUT2D eigenvalue weighted by Gasteiger charge is 2.11. The molecular weight excluding hydrogens is 368 g/mol.